The molecule has 1 fully saturated rings. The summed E-state index contributed by atoms with van der Waals surface area (Å²) < 4.78 is 19.0. The average molecular weight is 326 g/mol. The normalized spacial score (nSPS) is 21.5. The Hall–Kier alpha value is -1.43. The summed E-state index contributed by atoms with van der Waals surface area (Å²) in [6, 6.07) is 5.01. The van der Waals surface area contributed by atoms with E-state index in [0.29, 0.717) is 11.3 Å². The first-order chi connectivity index (χ1) is 10.2. The maximum atomic E-state index is 13.9. The van der Waals surface area contributed by atoms with E-state index < -0.39 is 17.5 Å². The van der Waals surface area contributed by atoms with Crippen LogP contribution in [0.15, 0.2) is 18.2 Å². The van der Waals surface area contributed by atoms with Crippen molar-refractivity contribution in [2.45, 2.75) is 51.0 Å². The SMILES string of the molecule is CC1SCCC1Nc1ccc(F)c(NC(=O)OC(C)(C)C)c1. The van der Waals surface area contributed by atoms with Gasteiger partial charge in [0.15, 0.2) is 0 Å². The second kappa shape index (κ2) is 6.77. The monoisotopic (exact) mass is 326 g/mol. The Morgan fingerprint density at radius 2 is 2.14 bits per heavy atom. The summed E-state index contributed by atoms with van der Waals surface area (Å²) in [7, 11) is 0. The fourth-order valence-corrected chi connectivity index (χ4v) is 3.46. The van der Waals surface area contributed by atoms with E-state index in [9.17, 15) is 9.18 Å². The summed E-state index contributed by atoms with van der Waals surface area (Å²) in [6.07, 6.45) is 0.422. The van der Waals surface area contributed by atoms with Crippen LogP contribution >= 0.6 is 11.8 Å². The molecule has 4 nitrogen and oxygen atoms in total. The molecule has 0 spiro atoms. The van der Waals surface area contributed by atoms with Gasteiger partial charge >= 0.3 is 6.09 Å². The highest BCUT2D eigenvalue weighted by atomic mass is 32.2. The Kier molecular flexibility index (Phi) is 5.21. The molecule has 0 radical (unpaired) electrons. The van der Waals surface area contributed by atoms with Crippen molar-refractivity contribution in [2.24, 2.45) is 0 Å². The van der Waals surface area contributed by atoms with Gasteiger partial charge in [0.2, 0.25) is 0 Å². The van der Waals surface area contributed by atoms with Gasteiger partial charge in [-0.05, 0) is 51.1 Å². The molecule has 2 atom stereocenters. The van der Waals surface area contributed by atoms with E-state index in [1.807, 2.05) is 11.8 Å². The molecule has 122 valence electrons. The van der Waals surface area contributed by atoms with Gasteiger partial charge in [-0.1, -0.05) is 6.92 Å². The molecule has 0 aromatic heterocycles. The minimum absolute atomic E-state index is 0.123. The lowest BCUT2D eigenvalue weighted by Crippen LogP contribution is -2.27. The molecule has 1 aromatic rings. The number of nitrogens with one attached hydrogen (secondary N) is 2. The van der Waals surface area contributed by atoms with E-state index in [0.717, 1.165) is 17.9 Å². The van der Waals surface area contributed by atoms with Gasteiger partial charge < -0.3 is 10.1 Å². The zero-order valence-electron chi connectivity index (χ0n) is 13.4. The van der Waals surface area contributed by atoms with Crippen molar-refractivity contribution in [3.8, 4) is 0 Å². The van der Waals surface area contributed by atoms with E-state index >= 15 is 0 Å². The minimum atomic E-state index is -0.659. The zero-order valence-corrected chi connectivity index (χ0v) is 14.2. The van der Waals surface area contributed by atoms with Gasteiger partial charge in [0.1, 0.15) is 11.4 Å². The van der Waals surface area contributed by atoms with Crippen LogP contribution in [-0.2, 0) is 4.74 Å². The smallest absolute Gasteiger partial charge is 0.412 e. The van der Waals surface area contributed by atoms with Crippen LogP contribution in [-0.4, -0.2) is 28.7 Å². The molecule has 0 bridgehead atoms. The molecule has 1 amide bonds. The number of carbonyl (C=O) groups is 1. The van der Waals surface area contributed by atoms with Crippen LogP contribution < -0.4 is 10.6 Å². The number of amides is 1. The summed E-state index contributed by atoms with van der Waals surface area (Å²) in [5.41, 5.74) is 0.303. The molecular weight excluding hydrogens is 303 g/mol. The summed E-state index contributed by atoms with van der Waals surface area (Å²) in [5, 5.41) is 6.38. The number of ether oxygens (including phenoxy) is 1. The Labute approximate surface area is 135 Å². The predicted molar refractivity (Wildman–Crippen MR) is 90.2 cm³/mol. The van der Waals surface area contributed by atoms with Crippen molar-refractivity contribution in [1.82, 2.24) is 0 Å². The number of benzene rings is 1. The van der Waals surface area contributed by atoms with Gasteiger partial charge in [-0.15, -0.1) is 0 Å². The molecule has 0 aliphatic carbocycles. The van der Waals surface area contributed by atoms with Gasteiger partial charge in [-0.3, -0.25) is 5.32 Å². The largest absolute Gasteiger partial charge is 0.444 e. The molecule has 2 N–H and O–H groups in total. The first-order valence-corrected chi connectivity index (χ1v) is 8.47. The average Bonchev–Trinajstić information content (AvgIpc) is 2.77. The third kappa shape index (κ3) is 4.80. The van der Waals surface area contributed by atoms with Crippen LogP contribution in [0.25, 0.3) is 0 Å². The number of rotatable bonds is 3. The Bertz CT molecular complexity index is 545. The van der Waals surface area contributed by atoms with E-state index in [-0.39, 0.29) is 5.69 Å². The molecule has 1 aliphatic heterocycles. The number of carbonyl (C=O) groups excluding carboxylic acids is 1. The molecule has 1 heterocycles. The lowest BCUT2D eigenvalue weighted by Gasteiger charge is -2.21. The van der Waals surface area contributed by atoms with Crippen LogP contribution in [0.2, 0.25) is 0 Å². The van der Waals surface area contributed by atoms with Crippen molar-refractivity contribution in [2.75, 3.05) is 16.4 Å². The number of hydrogen-bond acceptors (Lipinski definition) is 4. The predicted octanol–water partition coefficient (Wildman–Crippen LogP) is 4.48. The first kappa shape index (κ1) is 16.9. The summed E-state index contributed by atoms with van der Waals surface area (Å²) in [5.74, 6) is 0.647. The topological polar surface area (TPSA) is 50.4 Å². The van der Waals surface area contributed by atoms with Crippen LogP contribution in [0.3, 0.4) is 0 Å². The second-order valence-electron chi connectivity index (χ2n) is 6.44. The van der Waals surface area contributed by atoms with Crippen LogP contribution in [0.1, 0.15) is 34.1 Å². The third-order valence-corrected chi connectivity index (χ3v) is 4.66. The van der Waals surface area contributed by atoms with Crippen LogP contribution in [0.4, 0.5) is 20.6 Å². The fraction of sp³-hybridized carbons (Fsp3) is 0.562. The van der Waals surface area contributed by atoms with E-state index in [1.165, 1.54) is 6.07 Å². The maximum Gasteiger partial charge on any atom is 0.412 e. The lowest BCUT2D eigenvalue weighted by atomic mass is 10.1. The number of halogens is 1. The Morgan fingerprint density at radius 3 is 2.73 bits per heavy atom. The molecule has 1 aliphatic rings. The van der Waals surface area contributed by atoms with E-state index in [1.54, 1.807) is 32.9 Å². The molecule has 22 heavy (non-hydrogen) atoms. The molecule has 6 heteroatoms. The zero-order chi connectivity index (χ0) is 16.3. The summed E-state index contributed by atoms with van der Waals surface area (Å²) >= 11 is 1.92. The Morgan fingerprint density at radius 1 is 1.41 bits per heavy atom. The highest BCUT2D eigenvalue weighted by Crippen LogP contribution is 2.30. The summed E-state index contributed by atoms with van der Waals surface area (Å²) in [4.78, 5) is 11.8. The highest BCUT2D eigenvalue weighted by molar-refractivity contribution is 8.00. The van der Waals surface area contributed by atoms with Crippen LogP contribution in [0.5, 0.6) is 0 Å². The Balaban J connectivity index is 2.05. The maximum absolute atomic E-state index is 13.9. The van der Waals surface area contributed by atoms with Gasteiger partial charge in [-0.25, -0.2) is 9.18 Å². The van der Waals surface area contributed by atoms with Crippen molar-refractivity contribution in [3.63, 3.8) is 0 Å². The van der Waals surface area contributed by atoms with Crippen molar-refractivity contribution in [3.05, 3.63) is 24.0 Å². The van der Waals surface area contributed by atoms with Crippen molar-refractivity contribution < 1.29 is 13.9 Å². The number of hydrogen-bond donors (Lipinski definition) is 2. The molecular formula is C16H23FN2O2S. The standard InChI is InChI=1S/C16H23FN2O2S/c1-10-13(7-8-22-10)18-11-5-6-12(17)14(9-11)19-15(20)21-16(2,3)4/h5-6,9-10,13,18H,7-8H2,1-4H3,(H,19,20). The molecule has 1 saturated heterocycles. The second-order valence-corrected chi connectivity index (χ2v) is 7.92. The van der Waals surface area contributed by atoms with Gasteiger partial charge in [0.05, 0.1) is 5.69 Å². The van der Waals surface area contributed by atoms with E-state index in [2.05, 4.69) is 17.6 Å². The van der Waals surface area contributed by atoms with Crippen LogP contribution in [0, 0.1) is 5.82 Å². The third-order valence-electron chi connectivity index (χ3n) is 3.33. The van der Waals surface area contributed by atoms with Gasteiger partial charge in [0.25, 0.3) is 0 Å². The molecule has 2 rings (SSSR count). The van der Waals surface area contributed by atoms with Crippen molar-refractivity contribution >= 4 is 29.2 Å². The summed E-state index contributed by atoms with van der Waals surface area (Å²) in [6.45, 7) is 7.47. The number of thioether (sulfide) groups is 1. The quantitative estimate of drug-likeness (QED) is 0.860. The van der Waals surface area contributed by atoms with Crippen molar-refractivity contribution in [1.29, 1.82) is 0 Å². The molecule has 2 unspecified atom stereocenters. The van der Waals surface area contributed by atoms with Gasteiger partial charge in [0, 0.05) is 17.0 Å². The highest BCUT2D eigenvalue weighted by Gasteiger charge is 2.24. The molecule has 1 aromatic carbocycles. The van der Waals surface area contributed by atoms with Gasteiger partial charge in [-0.2, -0.15) is 11.8 Å². The first-order valence-electron chi connectivity index (χ1n) is 7.42. The van der Waals surface area contributed by atoms with E-state index in [4.69, 9.17) is 4.74 Å². The number of anilines is 2. The minimum Gasteiger partial charge on any atom is -0.444 e. The fourth-order valence-electron chi connectivity index (χ4n) is 2.26. The lowest BCUT2D eigenvalue weighted by molar-refractivity contribution is 0.0635. The molecule has 0 saturated carbocycles.